The van der Waals surface area contributed by atoms with Gasteiger partial charge in [-0.05, 0) is 23.6 Å². The highest BCUT2D eigenvalue weighted by atomic mass is 19.1. The quantitative estimate of drug-likeness (QED) is 0.887. The molecule has 114 valence electrons. The average Bonchev–Trinajstić information content (AvgIpc) is 2.85. The molecule has 1 aromatic carbocycles. The number of benzene rings is 1. The summed E-state index contributed by atoms with van der Waals surface area (Å²) < 4.78 is 20.3. The first-order chi connectivity index (χ1) is 10.0. The van der Waals surface area contributed by atoms with Crippen LogP contribution in [-0.4, -0.2) is 21.9 Å². The lowest BCUT2D eigenvalue weighted by Crippen LogP contribution is -2.18. The Morgan fingerprint density at radius 3 is 2.81 bits per heavy atom. The average molecular weight is 292 g/mol. The van der Waals surface area contributed by atoms with Crippen LogP contribution in [0.1, 0.15) is 31.3 Å². The highest BCUT2D eigenvalue weighted by Gasteiger charge is 2.14. The Labute approximate surface area is 123 Å². The summed E-state index contributed by atoms with van der Waals surface area (Å²) in [6.45, 7) is 5.04. The van der Waals surface area contributed by atoms with Crippen molar-refractivity contribution in [2.24, 2.45) is 11.7 Å². The number of ether oxygens (including phenoxy) is 1. The number of hydrogen-bond donors (Lipinski definition) is 1. The number of nitrogens with two attached hydrogens (primary N) is 1. The number of rotatable bonds is 6. The van der Waals surface area contributed by atoms with Crippen LogP contribution in [0.5, 0.6) is 5.75 Å². The van der Waals surface area contributed by atoms with Gasteiger partial charge in [-0.25, -0.2) is 14.1 Å². The van der Waals surface area contributed by atoms with Gasteiger partial charge in [0.1, 0.15) is 12.2 Å². The Kier molecular flexibility index (Phi) is 4.90. The first-order valence-corrected chi connectivity index (χ1v) is 6.97. The molecule has 2 N–H and O–H groups in total. The Morgan fingerprint density at radius 1 is 1.38 bits per heavy atom. The van der Waals surface area contributed by atoms with Crippen molar-refractivity contribution in [2.45, 2.75) is 32.9 Å². The van der Waals surface area contributed by atoms with Crippen molar-refractivity contribution in [3.8, 4) is 5.75 Å². The molecule has 0 fully saturated rings. The highest BCUT2D eigenvalue weighted by Crippen LogP contribution is 2.23. The number of halogens is 1. The van der Waals surface area contributed by atoms with Gasteiger partial charge in [0.15, 0.2) is 11.6 Å². The van der Waals surface area contributed by atoms with Crippen LogP contribution in [-0.2, 0) is 13.0 Å². The fourth-order valence-electron chi connectivity index (χ4n) is 2.17. The first kappa shape index (κ1) is 15.4. The van der Waals surface area contributed by atoms with Crippen molar-refractivity contribution in [3.05, 3.63) is 41.7 Å². The molecule has 0 saturated heterocycles. The lowest BCUT2D eigenvalue weighted by Gasteiger charge is -2.14. The lowest BCUT2D eigenvalue weighted by molar-refractivity contribution is 0.385. The van der Waals surface area contributed by atoms with Gasteiger partial charge in [-0.15, -0.1) is 0 Å². The van der Waals surface area contributed by atoms with Crippen molar-refractivity contribution in [1.29, 1.82) is 0 Å². The van der Waals surface area contributed by atoms with E-state index in [0.717, 1.165) is 17.9 Å². The predicted octanol–water partition coefficient (Wildman–Crippen LogP) is 2.32. The van der Waals surface area contributed by atoms with Crippen LogP contribution in [0.2, 0.25) is 0 Å². The molecule has 0 amide bonds. The number of hydrogen-bond acceptors (Lipinski definition) is 4. The van der Waals surface area contributed by atoms with E-state index in [-0.39, 0.29) is 11.8 Å². The second-order valence-corrected chi connectivity index (χ2v) is 5.46. The van der Waals surface area contributed by atoms with Gasteiger partial charge in [0, 0.05) is 19.0 Å². The van der Waals surface area contributed by atoms with E-state index in [2.05, 4.69) is 23.9 Å². The Bertz CT molecular complexity index is 597. The molecule has 1 aromatic heterocycles. The summed E-state index contributed by atoms with van der Waals surface area (Å²) in [5, 5.41) is 4.22. The van der Waals surface area contributed by atoms with E-state index in [1.165, 1.54) is 19.5 Å². The molecule has 0 spiro atoms. The molecule has 0 saturated carbocycles. The van der Waals surface area contributed by atoms with Gasteiger partial charge >= 0.3 is 0 Å². The van der Waals surface area contributed by atoms with Crippen molar-refractivity contribution < 1.29 is 9.13 Å². The zero-order valence-electron chi connectivity index (χ0n) is 12.6. The molecule has 0 radical (unpaired) electrons. The normalized spacial score (nSPS) is 12.7. The topological polar surface area (TPSA) is 66.0 Å². The monoisotopic (exact) mass is 292 g/mol. The minimum atomic E-state index is -0.392. The van der Waals surface area contributed by atoms with E-state index in [0.29, 0.717) is 12.3 Å². The predicted molar refractivity (Wildman–Crippen MR) is 78.4 cm³/mol. The third-order valence-electron chi connectivity index (χ3n) is 3.24. The molecule has 2 rings (SSSR count). The molecule has 2 aromatic rings. The minimum absolute atomic E-state index is 0.201. The molecule has 21 heavy (non-hydrogen) atoms. The van der Waals surface area contributed by atoms with Crippen LogP contribution in [0.25, 0.3) is 0 Å². The fourth-order valence-corrected chi connectivity index (χ4v) is 2.17. The molecular formula is C15H21FN4O. The summed E-state index contributed by atoms with van der Waals surface area (Å²) in [5.41, 5.74) is 7.01. The summed E-state index contributed by atoms with van der Waals surface area (Å²) in [6.07, 6.45) is 2.08. The molecule has 5 nitrogen and oxygen atoms in total. The van der Waals surface area contributed by atoms with Gasteiger partial charge in [-0.1, -0.05) is 19.9 Å². The lowest BCUT2D eigenvalue weighted by atomic mass is 10.0. The summed E-state index contributed by atoms with van der Waals surface area (Å²) in [4.78, 5) is 4.26. The number of aromatic nitrogens is 3. The summed E-state index contributed by atoms with van der Waals surface area (Å²) in [5.74, 6) is 1.12. The highest BCUT2D eigenvalue weighted by molar-refractivity contribution is 5.32. The molecule has 0 aliphatic carbocycles. The molecule has 0 bridgehead atoms. The zero-order valence-corrected chi connectivity index (χ0v) is 12.6. The van der Waals surface area contributed by atoms with Crippen molar-refractivity contribution in [2.75, 3.05) is 7.11 Å². The molecule has 1 unspecified atom stereocenters. The minimum Gasteiger partial charge on any atom is -0.494 e. The van der Waals surface area contributed by atoms with E-state index < -0.39 is 5.82 Å². The van der Waals surface area contributed by atoms with Gasteiger partial charge in [-0.3, -0.25) is 0 Å². The molecule has 1 atom stereocenters. The number of nitrogens with zero attached hydrogens (tertiary/aromatic N) is 3. The van der Waals surface area contributed by atoms with Crippen LogP contribution in [0.15, 0.2) is 24.5 Å². The van der Waals surface area contributed by atoms with Gasteiger partial charge in [0.2, 0.25) is 0 Å². The van der Waals surface area contributed by atoms with Crippen LogP contribution >= 0.6 is 0 Å². The third kappa shape index (κ3) is 3.78. The molecule has 1 heterocycles. The Morgan fingerprint density at radius 2 is 2.14 bits per heavy atom. The molecule has 0 aliphatic rings. The van der Waals surface area contributed by atoms with E-state index in [9.17, 15) is 4.39 Å². The van der Waals surface area contributed by atoms with Crippen LogP contribution in [0.3, 0.4) is 0 Å². The maximum absolute atomic E-state index is 13.4. The van der Waals surface area contributed by atoms with E-state index >= 15 is 0 Å². The molecule has 6 heteroatoms. The molecular weight excluding hydrogens is 271 g/mol. The van der Waals surface area contributed by atoms with Crippen LogP contribution in [0.4, 0.5) is 4.39 Å². The van der Waals surface area contributed by atoms with Crippen molar-refractivity contribution in [1.82, 2.24) is 14.8 Å². The standard InChI is InChI=1S/C15H21FN4O/c1-10(2)8-20-15(18-9-19-20)7-13(17)11-4-5-12(16)14(6-11)21-3/h4-6,9-10,13H,7-8,17H2,1-3H3. The smallest absolute Gasteiger partial charge is 0.165 e. The van der Waals surface area contributed by atoms with Gasteiger partial charge in [0.25, 0.3) is 0 Å². The second kappa shape index (κ2) is 6.67. The van der Waals surface area contributed by atoms with Crippen molar-refractivity contribution in [3.63, 3.8) is 0 Å². The van der Waals surface area contributed by atoms with E-state index in [1.54, 1.807) is 12.1 Å². The SMILES string of the molecule is COc1cc(C(N)Cc2ncnn2CC(C)C)ccc1F. The fraction of sp³-hybridized carbons (Fsp3) is 0.467. The Hall–Kier alpha value is -1.95. The van der Waals surface area contributed by atoms with E-state index in [4.69, 9.17) is 10.5 Å². The van der Waals surface area contributed by atoms with Crippen molar-refractivity contribution >= 4 is 0 Å². The largest absolute Gasteiger partial charge is 0.494 e. The van der Waals surface area contributed by atoms with Crippen LogP contribution in [0, 0.1) is 11.7 Å². The third-order valence-corrected chi connectivity index (χ3v) is 3.24. The maximum Gasteiger partial charge on any atom is 0.165 e. The van der Waals surface area contributed by atoms with Gasteiger partial charge in [0.05, 0.1) is 7.11 Å². The first-order valence-electron chi connectivity index (χ1n) is 6.97. The maximum atomic E-state index is 13.4. The van der Waals surface area contributed by atoms with Gasteiger partial charge in [-0.2, -0.15) is 5.10 Å². The summed E-state index contributed by atoms with van der Waals surface area (Å²) in [7, 11) is 1.44. The van der Waals surface area contributed by atoms with E-state index in [1.807, 2.05) is 4.68 Å². The van der Waals surface area contributed by atoms with Gasteiger partial charge < -0.3 is 10.5 Å². The Balaban J connectivity index is 2.14. The summed E-state index contributed by atoms with van der Waals surface area (Å²) >= 11 is 0. The number of methoxy groups -OCH3 is 1. The van der Waals surface area contributed by atoms with Crippen LogP contribution < -0.4 is 10.5 Å². The molecule has 0 aliphatic heterocycles. The second-order valence-electron chi connectivity index (χ2n) is 5.46. The summed E-state index contributed by atoms with van der Waals surface area (Å²) in [6, 6.07) is 4.39. The zero-order chi connectivity index (χ0) is 15.4.